The summed E-state index contributed by atoms with van der Waals surface area (Å²) in [7, 11) is 0. The molecule has 2 atom stereocenters. The number of fused-ring (bicyclic) bond motifs is 3. The molecule has 1 saturated carbocycles. The molecule has 2 N–H and O–H groups in total. The second-order valence-corrected chi connectivity index (χ2v) is 9.92. The molecule has 184 valence electrons. The number of benzene rings is 2. The maximum absolute atomic E-state index is 14.2. The number of carboxylic acid groups (broad SMARTS) is 1. The summed E-state index contributed by atoms with van der Waals surface area (Å²) in [6.45, 7) is 3.18. The molecular formula is C28H32FN3O3. The molecule has 2 unspecified atom stereocenters. The fraction of sp³-hybridized carbons (Fsp3) is 0.429. The highest BCUT2D eigenvalue weighted by Gasteiger charge is 2.32. The highest BCUT2D eigenvalue weighted by atomic mass is 19.1. The highest BCUT2D eigenvalue weighted by Crippen LogP contribution is 2.36. The number of carbonyl (C=O) groups excluding carboxylic acids is 1. The third-order valence-corrected chi connectivity index (χ3v) is 7.35. The standard InChI is InChI=1S/C28H32FN3O3/c1-2-24(27(33)34)32-25-12-10-20(29)14-22(25)23-15-21(11-13-26(23)32)30-28(35)31(17-19-8-9-19)16-18-6-4-3-5-7-18/h3-7,10,12,14,19,21,24H,2,8-9,11,13,15-17H2,1H3,(H,30,35)(H,33,34). The molecule has 6 nitrogen and oxygen atoms in total. The van der Waals surface area contributed by atoms with E-state index in [1.807, 2.05) is 46.7 Å². The van der Waals surface area contributed by atoms with E-state index in [2.05, 4.69) is 5.32 Å². The van der Waals surface area contributed by atoms with Crippen molar-refractivity contribution in [3.05, 3.63) is 71.2 Å². The van der Waals surface area contributed by atoms with E-state index in [4.69, 9.17) is 0 Å². The summed E-state index contributed by atoms with van der Waals surface area (Å²) < 4.78 is 16.1. The van der Waals surface area contributed by atoms with Crippen LogP contribution in [0.15, 0.2) is 48.5 Å². The van der Waals surface area contributed by atoms with Crippen LogP contribution in [0.4, 0.5) is 9.18 Å². The molecule has 2 aliphatic carbocycles. The highest BCUT2D eigenvalue weighted by molar-refractivity contribution is 5.88. The molecule has 7 heteroatoms. The van der Waals surface area contributed by atoms with E-state index in [0.717, 1.165) is 40.7 Å². The first kappa shape index (κ1) is 23.4. The average molecular weight is 478 g/mol. The van der Waals surface area contributed by atoms with Crippen LogP contribution in [0.2, 0.25) is 0 Å². The van der Waals surface area contributed by atoms with Crippen molar-refractivity contribution in [3.63, 3.8) is 0 Å². The van der Waals surface area contributed by atoms with Crippen molar-refractivity contribution in [3.8, 4) is 0 Å². The predicted molar refractivity (Wildman–Crippen MR) is 133 cm³/mol. The number of nitrogens with one attached hydrogen (secondary N) is 1. The van der Waals surface area contributed by atoms with Crippen molar-refractivity contribution in [2.75, 3.05) is 6.54 Å². The zero-order valence-electron chi connectivity index (χ0n) is 20.0. The first-order valence-corrected chi connectivity index (χ1v) is 12.6. The van der Waals surface area contributed by atoms with Gasteiger partial charge in [-0.2, -0.15) is 0 Å². The zero-order valence-corrected chi connectivity index (χ0v) is 20.0. The number of aliphatic carboxylic acids is 1. The van der Waals surface area contributed by atoms with Gasteiger partial charge in [-0.3, -0.25) is 0 Å². The predicted octanol–water partition coefficient (Wildman–Crippen LogP) is 5.30. The number of carbonyl (C=O) groups is 2. The Labute approximate surface area is 204 Å². The summed E-state index contributed by atoms with van der Waals surface area (Å²) in [5.74, 6) is -0.653. The van der Waals surface area contributed by atoms with Crippen molar-refractivity contribution in [1.82, 2.24) is 14.8 Å². The zero-order chi connectivity index (χ0) is 24.5. The third kappa shape index (κ3) is 4.90. The molecule has 35 heavy (non-hydrogen) atoms. The van der Waals surface area contributed by atoms with Gasteiger partial charge in [-0.25, -0.2) is 14.0 Å². The number of urea groups is 1. The maximum Gasteiger partial charge on any atom is 0.326 e. The minimum Gasteiger partial charge on any atom is -0.480 e. The molecule has 1 fully saturated rings. The maximum atomic E-state index is 14.2. The monoisotopic (exact) mass is 477 g/mol. The van der Waals surface area contributed by atoms with Gasteiger partial charge in [-0.1, -0.05) is 37.3 Å². The van der Waals surface area contributed by atoms with Crippen LogP contribution in [-0.2, 0) is 24.2 Å². The van der Waals surface area contributed by atoms with Crippen LogP contribution in [0, 0.1) is 11.7 Å². The van der Waals surface area contributed by atoms with E-state index in [-0.39, 0.29) is 17.9 Å². The summed E-state index contributed by atoms with van der Waals surface area (Å²) in [5, 5.41) is 13.8. The molecule has 0 radical (unpaired) electrons. The Morgan fingerprint density at radius 2 is 1.94 bits per heavy atom. The van der Waals surface area contributed by atoms with E-state index in [9.17, 15) is 19.1 Å². The second kappa shape index (κ2) is 9.72. The van der Waals surface area contributed by atoms with Crippen molar-refractivity contribution in [1.29, 1.82) is 0 Å². The number of nitrogens with zero attached hydrogens (tertiary/aromatic N) is 2. The van der Waals surface area contributed by atoms with Gasteiger partial charge < -0.3 is 19.9 Å². The molecule has 2 aliphatic rings. The molecule has 0 saturated heterocycles. The minimum absolute atomic E-state index is 0.0684. The van der Waals surface area contributed by atoms with Crippen molar-refractivity contribution in [2.24, 2.45) is 5.92 Å². The van der Waals surface area contributed by atoms with E-state index in [1.165, 1.54) is 25.0 Å². The van der Waals surface area contributed by atoms with Gasteiger partial charge in [-0.05, 0) is 73.8 Å². The number of aromatic nitrogens is 1. The van der Waals surface area contributed by atoms with Crippen LogP contribution < -0.4 is 5.32 Å². The van der Waals surface area contributed by atoms with E-state index < -0.39 is 12.0 Å². The Morgan fingerprint density at radius 1 is 1.17 bits per heavy atom. The van der Waals surface area contributed by atoms with Crippen LogP contribution >= 0.6 is 0 Å². The fourth-order valence-corrected chi connectivity index (χ4v) is 5.41. The SMILES string of the molecule is CCC(C(=O)O)n1c2c(c3cc(F)ccc31)CC(NC(=O)N(Cc1ccccc1)CC1CC1)CC2. The summed E-state index contributed by atoms with van der Waals surface area (Å²) in [6.07, 6.45) is 4.69. The number of rotatable bonds is 8. The lowest BCUT2D eigenvalue weighted by Crippen LogP contribution is -2.47. The number of halogens is 1. The van der Waals surface area contributed by atoms with Gasteiger partial charge in [0.05, 0.1) is 0 Å². The Bertz CT molecular complexity index is 1240. The summed E-state index contributed by atoms with van der Waals surface area (Å²) in [5.41, 5.74) is 3.75. The molecular weight excluding hydrogens is 445 g/mol. The van der Waals surface area contributed by atoms with Gasteiger partial charge in [-0.15, -0.1) is 0 Å². The summed E-state index contributed by atoms with van der Waals surface area (Å²) in [6, 6.07) is 13.7. The van der Waals surface area contributed by atoms with Crippen molar-refractivity contribution in [2.45, 2.75) is 64.1 Å². The van der Waals surface area contributed by atoms with Crippen LogP contribution in [0.3, 0.4) is 0 Å². The number of hydrogen-bond donors (Lipinski definition) is 2. The lowest BCUT2D eigenvalue weighted by Gasteiger charge is -2.30. The lowest BCUT2D eigenvalue weighted by molar-refractivity contribution is -0.140. The third-order valence-electron chi connectivity index (χ3n) is 7.35. The van der Waals surface area contributed by atoms with Gasteiger partial charge >= 0.3 is 12.0 Å². The molecule has 2 aromatic carbocycles. The summed E-state index contributed by atoms with van der Waals surface area (Å²) in [4.78, 5) is 27.2. The van der Waals surface area contributed by atoms with Crippen molar-refractivity contribution >= 4 is 22.9 Å². The van der Waals surface area contributed by atoms with Gasteiger partial charge in [0.2, 0.25) is 0 Å². The Hall–Kier alpha value is -3.35. The van der Waals surface area contributed by atoms with Gasteiger partial charge in [0, 0.05) is 35.7 Å². The van der Waals surface area contributed by atoms with Crippen LogP contribution in [0.1, 0.15) is 55.5 Å². The largest absolute Gasteiger partial charge is 0.480 e. The molecule has 3 aromatic rings. The Morgan fingerprint density at radius 3 is 2.63 bits per heavy atom. The lowest BCUT2D eigenvalue weighted by atomic mass is 9.91. The molecule has 5 rings (SSSR count). The van der Waals surface area contributed by atoms with Gasteiger partial charge in [0.25, 0.3) is 0 Å². The molecule has 1 heterocycles. The number of hydrogen-bond acceptors (Lipinski definition) is 2. The molecule has 2 amide bonds. The topological polar surface area (TPSA) is 74.6 Å². The first-order valence-electron chi connectivity index (χ1n) is 12.6. The quantitative estimate of drug-likeness (QED) is 0.463. The van der Waals surface area contributed by atoms with Crippen LogP contribution in [0.5, 0.6) is 0 Å². The van der Waals surface area contributed by atoms with Crippen LogP contribution in [-0.4, -0.2) is 39.2 Å². The molecule has 0 spiro atoms. The van der Waals surface area contributed by atoms with E-state index in [0.29, 0.717) is 31.7 Å². The smallest absolute Gasteiger partial charge is 0.326 e. The van der Waals surface area contributed by atoms with Crippen LogP contribution in [0.25, 0.3) is 10.9 Å². The minimum atomic E-state index is -0.886. The number of amides is 2. The second-order valence-electron chi connectivity index (χ2n) is 9.92. The molecule has 1 aromatic heterocycles. The van der Waals surface area contributed by atoms with Gasteiger partial charge in [0.15, 0.2) is 0 Å². The fourth-order valence-electron chi connectivity index (χ4n) is 5.41. The van der Waals surface area contributed by atoms with Crippen molar-refractivity contribution < 1.29 is 19.1 Å². The number of carboxylic acids is 1. The Kier molecular flexibility index (Phi) is 6.50. The molecule has 0 aliphatic heterocycles. The average Bonchev–Trinajstić information content (AvgIpc) is 3.62. The normalized spacial score (nSPS) is 18.2. The Balaban J connectivity index is 1.39. The summed E-state index contributed by atoms with van der Waals surface area (Å²) >= 11 is 0. The molecule has 0 bridgehead atoms. The van der Waals surface area contributed by atoms with E-state index >= 15 is 0 Å². The van der Waals surface area contributed by atoms with E-state index in [1.54, 1.807) is 6.07 Å². The van der Waals surface area contributed by atoms with Gasteiger partial charge in [0.1, 0.15) is 11.9 Å². The first-order chi connectivity index (χ1) is 16.9.